The largest absolute Gasteiger partial charge is 0.466 e. The number of carbonyl (C=O) groups excluding carboxylic acids is 1. The van der Waals surface area contributed by atoms with Crippen molar-refractivity contribution >= 4 is 5.97 Å². The van der Waals surface area contributed by atoms with Crippen molar-refractivity contribution in [2.75, 3.05) is 13.2 Å². The van der Waals surface area contributed by atoms with E-state index >= 15 is 0 Å². The van der Waals surface area contributed by atoms with Gasteiger partial charge in [-0.2, -0.15) is 0 Å². The van der Waals surface area contributed by atoms with Crippen LogP contribution in [0.5, 0.6) is 0 Å². The summed E-state index contributed by atoms with van der Waals surface area (Å²) in [7, 11) is 0. The minimum Gasteiger partial charge on any atom is -0.466 e. The van der Waals surface area contributed by atoms with Crippen molar-refractivity contribution < 1.29 is 23.7 Å². The molecule has 0 amide bonds. The molecule has 2 bridgehead atoms. The van der Waals surface area contributed by atoms with Gasteiger partial charge in [-0.05, 0) is 50.4 Å². The average molecular weight is 324 g/mol. The van der Waals surface area contributed by atoms with E-state index in [-0.39, 0.29) is 17.9 Å². The second kappa shape index (κ2) is 5.71. The molecule has 1 spiro atoms. The first kappa shape index (κ1) is 15.9. The van der Waals surface area contributed by atoms with Gasteiger partial charge in [-0.3, -0.25) is 4.79 Å². The minimum atomic E-state index is -0.645. The van der Waals surface area contributed by atoms with Crippen LogP contribution in [0.1, 0.15) is 58.8 Å². The van der Waals surface area contributed by atoms with Crippen LogP contribution in [0.2, 0.25) is 0 Å². The third-order valence-electron chi connectivity index (χ3n) is 6.52. The molecule has 0 radical (unpaired) electrons. The van der Waals surface area contributed by atoms with Crippen LogP contribution < -0.4 is 0 Å². The Morgan fingerprint density at radius 1 is 1.26 bits per heavy atom. The molecule has 6 atom stereocenters. The zero-order chi connectivity index (χ0) is 16.1. The van der Waals surface area contributed by atoms with Gasteiger partial charge in [-0.1, -0.05) is 6.92 Å². The van der Waals surface area contributed by atoms with Gasteiger partial charge >= 0.3 is 5.97 Å². The first-order valence-electron chi connectivity index (χ1n) is 9.25. The number of ether oxygens (including phenoxy) is 4. The summed E-state index contributed by atoms with van der Waals surface area (Å²) in [5.74, 6) is 0.892. The molecule has 1 saturated carbocycles. The van der Waals surface area contributed by atoms with E-state index in [1.165, 1.54) is 12.8 Å². The standard InChI is InChI=1S/C18H28O5/c1-3-20-15(19)7-10-17-9-6-14-12(2)4-5-13-8-11-21-16(22-17)18(13,14)23-17/h12-14,16H,3-11H2,1-2H3/t12-,13+,14+,16-,17+,18+/m1/s1. The van der Waals surface area contributed by atoms with Gasteiger partial charge in [0.05, 0.1) is 19.6 Å². The smallest absolute Gasteiger partial charge is 0.305 e. The molecule has 4 rings (SSSR count). The Hall–Kier alpha value is -0.650. The van der Waals surface area contributed by atoms with Crippen LogP contribution in [0, 0.1) is 17.8 Å². The number of carbonyl (C=O) groups is 1. The Bertz CT molecular complexity index is 480. The zero-order valence-electron chi connectivity index (χ0n) is 14.2. The van der Waals surface area contributed by atoms with Crippen LogP contribution >= 0.6 is 0 Å². The highest BCUT2D eigenvalue weighted by atomic mass is 16.8. The Balaban J connectivity index is 1.56. The maximum atomic E-state index is 11.8. The summed E-state index contributed by atoms with van der Waals surface area (Å²) in [6.45, 7) is 5.36. The van der Waals surface area contributed by atoms with Crippen LogP contribution in [0.15, 0.2) is 0 Å². The van der Waals surface area contributed by atoms with Crippen LogP contribution in [0.3, 0.4) is 0 Å². The fourth-order valence-electron chi connectivity index (χ4n) is 5.45. The molecular formula is C18H28O5. The lowest BCUT2D eigenvalue weighted by molar-refractivity contribution is -0.265. The van der Waals surface area contributed by atoms with Gasteiger partial charge in [-0.25, -0.2) is 0 Å². The van der Waals surface area contributed by atoms with Crippen LogP contribution in [0.4, 0.5) is 0 Å². The molecule has 5 nitrogen and oxygen atoms in total. The summed E-state index contributed by atoms with van der Waals surface area (Å²) >= 11 is 0. The van der Waals surface area contributed by atoms with Crippen molar-refractivity contribution in [1.82, 2.24) is 0 Å². The van der Waals surface area contributed by atoms with Crippen molar-refractivity contribution in [3.05, 3.63) is 0 Å². The number of fused-ring (bicyclic) bond motifs is 1. The molecule has 3 aliphatic heterocycles. The molecule has 0 N–H and O–H groups in total. The molecule has 130 valence electrons. The molecule has 0 unspecified atom stereocenters. The summed E-state index contributed by atoms with van der Waals surface area (Å²) in [5.41, 5.74) is -0.275. The van der Waals surface area contributed by atoms with E-state index in [9.17, 15) is 4.79 Å². The van der Waals surface area contributed by atoms with Crippen molar-refractivity contribution in [2.45, 2.75) is 76.5 Å². The second-order valence-electron chi connectivity index (χ2n) is 7.68. The van der Waals surface area contributed by atoms with E-state index in [2.05, 4.69) is 6.92 Å². The summed E-state index contributed by atoms with van der Waals surface area (Å²) in [6.07, 6.45) is 6.19. The van der Waals surface area contributed by atoms with Crippen LogP contribution in [-0.4, -0.2) is 36.9 Å². The summed E-state index contributed by atoms with van der Waals surface area (Å²) in [6, 6.07) is 0. The highest BCUT2D eigenvalue weighted by Crippen LogP contribution is 2.62. The molecule has 0 aromatic rings. The number of esters is 1. The summed E-state index contributed by atoms with van der Waals surface area (Å²) in [5, 5.41) is 0. The topological polar surface area (TPSA) is 54.0 Å². The molecule has 3 heterocycles. The molecule has 3 saturated heterocycles. The van der Waals surface area contributed by atoms with E-state index in [0.717, 1.165) is 25.9 Å². The molecule has 4 aliphatic rings. The lowest BCUT2D eigenvalue weighted by atomic mass is 9.59. The number of hydrogen-bond acceptors (Lipinski definition) is 5. The minimum absolute atomic E-state index is 0.168. The average Bonchev–Trinajstić information content (AvgIpc) is 2.80. The summed E-state index contributed by atoms with van der Waals surface area (Å²) < 4.78 is 24.1. The Morgan fingerprint density at radius 3 is 2.96 bits per heavy atom. The van der Waals surface area contributed by atoms with E-state index in [1.807, 2.05) is 6.92 Å². The van der Waals surface area contributed by atoms with Crippen molar-refractivity contribution in [3.63, 3.8) is 0 Å². The molecule has 5 heteroatoms. The Kier molecular flexibility index (Phi) is 3.94. The van der Waals surface area contributed by atoms with E-state index < -0.39 is 5.79 Å². The summed E-state index contributed by atoms with van der Waals surface area (Å²) in [4.78, 5) is 11.8. The second-order valence-corrected chi connectivity index (χ2v) is 7.68. The molecule has 0 aromatic carbocycles. The van der Waals surface area contributed by atoms with Gasteiger partial charge in [0.2, 0.25) is 0 Å². The van der Waals surface area contributed by atoms with Crippen molar-refractivity contribution in [1.29, 1.82) is 0 Å². The molecule has 23 heavy (non-hydrogen) atoms. The highest BCUT2D eigenvalue weighted by molar-refractivity contribution is 5.69. The van der Waals surface area contributed by atoms with Gasteiger partial charge in [0.25, 0.3) is 0 Å². The zero-order valence-corrected chi connectivity index (χ0v) is 14.2. The predicted molar refractivity (Wildman–Crippen MR) is 82.5 cm³/mol. The first-order chi connectivity index (χ1) is 11.1. The van der Waals surface area contributed by atoms with Gasteiger partial charge in [-0.15, -0.1) is 0 Å². The van der Waals surface area contributed by atoms with Gasteiger partial charge < -0.3 is 18.9 Å². The van der Waals surface area contributed by atoms with E-state index in [0.29, 0.717) is 37.2 Å². The van der Waals surface area contributed by atoms with Crippen LogP contribution in [0.25, 0.3) is 0 Å². The van der Waals surface area contributed by atoms with E-state index in [1.54, 1.807) is 0 Å². The Morgan fingerprint density at radius 2 is 2.13 bits per heavy atom. The maximum Gasteiger partial charge on any atom is 0.305 e. The van der Waals surface area contributed by atoms with Crippen molar-refractivity contribution in [2.24, 2.45) is 17.8 Å². The molecule has 1 aliphatic carbocycles. The van der Waals surface area contributed by atoms with Gasteiger partial charge in [0, 0.05) is 12.8 Å². The number of rotatable bonds is 4. The third-order valence-corrected chi connectivity index (χ3v) is 6.52. The molecule has 0 aromatic heterocycles. The third kappa shape index (κ3) is 2.35. The Labute approximate surface area is 138 Å². The first-order valence-corrected chi connectivity index (χ1v) is 9.25. The SMILES string of the molecule is CCOC(=O)CC[C@@]12CC[C@H]3[C@H](C)CC[C@H]4CCO[C@H](O1)[C@]43O2. The van der Waals surface area contributed by atoms with Gasteiger partial charge in [0.15, 0.2) is 12.1 Å². The fourth-order valence-corrected chi connectivity index (χ4v) is 5.45. The fraction of sp³-hybridized carbons (Fsp3) is 0.944. The quantitative estimate of drug-likeness (QED) is 0.744. The van der Waals surface area contributed by atoms with Crippen molar-refractivity contribution in [3.8, 4) is 0 Å². The van der Waals surface area contributed by atoms with Crippen LogP contribution in [-0.2, 0) is 23.7 Å². The molecule has 4 fully saturated rings. The monoisotopic (exact) mass is 324 g/mol. The number of hydrogen-bond donors (Lipinski definition) is 0. The predicted octanol–water partition coefficient (Wildman–Crippen LogP) is 3.01. The lowest BCUT2D eigenvalue weighted by Crippen LogP contribution is -2.62. The highest BCUT2D eigenvalue weighted by Gasteiger charge is 2.69. The van der Waals surface area contributed by atoms with E-state index in [4.69, 9.17) is 18.9 Å². The van der Waals surface area contributed by atoms with Gasteiger partial charge in [0.1, 0.15) is 5.60 Å². The normalized spacial score (nSPS) is 47.9. The molecular weight excluding hydrogens is 296 g/mol. The lowest BCUT2D eigenvalue weighted by Gasteiger charge is -2.55. The maximum absolute atomic E-state index is 11.8.